The van der Waals surface area contributed by atoms with Crippen molar-refractivity contribution in [1.82, 2.24) is 10.6 Å². The Labute approximate surface area is 188 Å². The summed E-state index contributed by atoms with van der Waals surface area (Å²) in [5, 5.41) is 7.13. The molecule has 3 aliphatic rings. The van der Waals surface area contributed by atoms with Gasteiger partial charge in [-0.2, -0.15) is 11.8 Å². The number of ether oxygens (including phenoxy) is 1. The lowest BCUT2D eigenvalue weighted by Gasteiger charge is -2.63. The number of rotatable bonds is 6. The van der Waals surface area contributed by atoms with Crippen LogP contribution in [0.5, 0.6) is 0 Å². The van der Waals surface area contributed by atoms with Gasteiger partial charge in [-0.3, -0.25) is 0 Å². The van der Waals surface area contributed by atoms with Crippen LogP contribution in [-0.2, 0) is 17.0 Å². The highest BCUT2D eigenvalue weighted by Gasteiger charge is 2.66. The van der Waals surface area contributed by atoms with Crippen LogP contribution in [0.4, 0.5) is 4.39 Å². The Morgan fingerprint density at radius 1 is 1.36 bits per heavy atom. The summed E-state index contributed by atoms with van der Waals surface area (Å²) in [6, 6.07) is 5.50. The van der Waals surface area contributed by atoms with E-state index in [9.17, 15) is 4.39 Å². The van der Waals surface area contributed by atoms with E-state index in [0.29, 0.717) is 30.0 Å². The van der Waals surface area contributed by atoms with Gasteiger partial charge in [0.15, 0.2) is 5.96 Å². The molecular formula is C21H31FIN3OS. The number of nitrogens with one attached hydrogen (secondary N) is 2. The number of guanidine groups is 1. The zero-order valence-corrected chi connectivity index (χ0v) is 19.8. The molecule has 3 atom stereocenters. The van der Waals surface area contributed by atoms with E-state index in [1.54, 1.807) is 17.8 Å². The summed E-state index contributed by atoms with van der Waals surface area (Å²) in [6.45, 7) is 4.39. The summed E-state index contributed by atoms with van der Waals surface area (Å²) < 4.78 is 19.6. The van der Waals surface area contributed by atoms with Crippen molar-refractivity contribution in [2.45, 2.75) is 57.1 Å². The third-order valence-electron chi connectivity index (χ3n) is 6.55. The van der Waals surface area contributed by atoms with Crippen molar-refractivity contribution >= 4 is 41.7 Å². The van der Waals surface area contributed by atoms with Gasteiger partial charge in [-0.25, -0.2) is 9.38 Å². The maximum absolute atomic E-state index is 13.6. The summed E-state index contributed by atoms with van der Waals surface area (Å²) >= 11 is 1.71. The van der Waals surface area contributed by atoms with E-state index in [1.807, 2.05) is 12.3 Å². The molecule has 1 aliphatic heterocycles. The Bertz CT molecular complexity index is 713. The number of hydrogen-bond donors (Lipinski definition) is 2. The van der Waals surface area contributed by atoms with Crippen LogP contribution < -0.4 is 10.6 Å². The van der Waals surface area contributed by atoms with Gasteiger partial charge in [0.25, 0.3) is 0 Å². The molecule has 1 heterocycles. The zero-order chi connectivity index (χ0) is 18.9. The molecule has 28 heavy (non-hydrogen) atoms. The van der Waals surface area contributed by atoms with Gasteiger partial charge in [0.2, 0.25) is 0 Å². The first-order valence-corrected chi connectivity index (χ1v) is 11.5. The molecule has 0 bridgehead atoms. The molecule has 1 aromatic carbocycles. The highest BCUT2D eigenvalue weighted by molar-refractivity contribution is 14.0. The molecule has 0 amide bonds. The van der Waals surface area contributed by atoms with Crippen LogP contribution in [0.2, 0.25) is 0 Å². The molecule has 0 radical (unpaired) electrons. The topological polar surface area (TPSA) is 45.7 Å². The van der Waals surface area contributed by atoms with Crippen LogP contribution in [0.3, 0.4) is 0 Å². The van der Waals surface area contributed by atoms with Crippen molar-refractivity contribution in [2.24, 2.45) is 16.3 Å². The number of fused-ring (bicyclic) bond motifs is 2. The maximum Gasteiger partial charge on any atom is 0.191 e. The fraction of sp³-hybridized carbons (Fsp3) is 0.667. The molecule has 156 valence electrons. The molecular weight excluding hydrogens is 488 g/mol. The predicted molar refractivity (Wildman–Crippen MR) is 125 cm³/mol. The van der Waals surface area contributed by atoms with Gasteiger partial charge in [-0.15, -0.1) is 24.0 Å². The van der Waals surface area contributed by atoms with Gasteiger partial charge in [-0.05, 0) is 55.7 Å². The third kappa shape index (κ3) is 4.03. The molecule has 3 fully saturated rings. The smallest absolute Gasteiger partial charge is 0.191 e. The first-order valence-electron chi connectivity index (χ1n) is 10.1. The van der Waals surface area contributed by atoms with Gasteiger partial charge in [0.05, 0.1) is 12.6 Å². The molecule has 1 saturated heterocycles. The van der Waals surface area contributed by atoms with Crippen molar-refractivity contribution in [2.75, 3.05) is 19.4 Å². The zero-order valence-electron chi connectivity index (χ0n) is 16.7. The highest BCUT2D eigenvalue weighted by Crippen LogP contribution is 2.62. The summed E-state index contributed by atoms with van der Waals surface area (Å²) in [7, 11) is 0. The lowest BCUT2D eigenvalue weighted by atomic mass is 9.46. The number of thioether (sulfide) groups is 1. The van der Waals surface area contributed by atoms with Gasteiger partial charge < -0.3 is 15.4 Å². The monoisotopic (exact) mass is 519 g/mol. The van der Waals surface area contributed by atoms with Crippen LogP contribution in [0.1, 0.15) is 43.7 Å². The second-order valence-corrected chi connectivity index (χ2v) is 8.86. The van der Waals surface area contributed by atoms with Crippen molar-refractivity contribution in [3.63, 3.8) is 0 Å². The molecule has 7 heteroatoms. The summed E-state index contributed by atoms with van der Waals surface area (Å²) in [4.78, 5) is 4.84. The first kappa shape index (κ1) is 22.2. The van der Waals surface area contributed by atoms with E-state index in [2.05, 4.69) is 17.6 Å². The lowest BCUT2D eigenvalue weighted by Crippen LogP contribution is -2.72. The molecule has 0 aromatic heterocycles. The Morgan fingerprint density at radius 3 is 2.86 bits per heavy atom. The lowest BCUT2D eigenvalue weighted by molar-refractivity contribution is -0.171. The minimum absolute atomic E-state index is 0. The molecule has 1 spiro atoms. The second-order valence-electron chi connectivity index (χ2n) is 7.99. The van der Waals surface area contributed by atoms with Gasteiger partial charge in [0.1, 0.15) is 5.82 Å². The summed E-state index contributed by atoms with van der Waals surface area (Å²) in [5.74, 6) is 2.12. The van der Waals surface area contributed by atoms with Gasteiger partial charge in [0, 0.05) is 36.3 Å². The number of hydrogen-bond acceptors (Lipinski definition) is 3. The molecule has 4 rings (SSSR count). The molecule has 2 N–H and O–H groups in total. The molecule has 2 saturated carbocycles. The van der Waals surface area contributed by atoms with Crippen molar-refractivity contribution in [3.05, 3.63) is 35.1 Å². The van der Waals surface area contributed by atoms with Crippen molar-refractivity contribution in [3.8, 4) is 0 Å². The van der Waals surface area contributed by atoms with E-state index >= 15 is 0 Å². The molecule has 2 aliphatic carbocycles. The highest BCUT2D eigenvalue weighted by atomic mass is 127. The standard InChI is InChI=1S/C21H30FN3OS.HI/c1-3-23-20(24-12-14-5-6-16(22)11-15(14)13-27-2)25-18-17-7-10-26-19(17)21(18)8-4-9-21;/h5-6,11,17-19H,3-4,7-10,12-13H2,1-2H3,(H2,23,24,25);1H. The van der Waals surface area contributed by atoms with Crippen LogP contribution in [0, 0.1) is 17.2 Å². The Kier molecular flexibility index (Phi) is 7.53. The Morgan fingerprint density at radius 2 is 2.18 bits per heavy atom. The van der Waals surface area contributed by atoms with Crippen LogP contribution >= 0.6 is 35.7 Å². The second kappa shape index (κ2) is 9.51. The van der Waals surface area contributed by atoms with Crippen molar-refractivity contribution < 1.29 is 9.13 Å². The maximum atomic E-state index is 13.6. The minimum atomic E-state index is -0.175. The van der Waals surface area contributed by atoms with E-state index < -0.39 is 0 Å². The fourth-order valence-electron chi connectivity index (χ4n) is 5.13. The predicted octanol–water partition coefficient (Wildman–Crippen LogP) is 4.32. The molecule has 1 aromatic rings. The van der Waals surface area contributed by atoms with E-state index in [4.69, 9.17) is 9.73 Å². The van der Waals surface area contributed by atoms with Crippen molar-refractivity contribution in [1.29, 1.82) is 0 Å². The van der Waals surface area contributed by atoms with E-state index in [-0.39, 0.29) is 29.8 Å². The quantitative estimate of drug-likeness (QED) is 0.334. The average Bonchev–Trinajstić information content (AvgIpc) is 3.02. The van der Waals surface area contributed by atoms with Gasteiger partial charge in [-0.1, -0.05) is 12.5 Å². The minimum Gasteiger partial charge on any atom is -0.377 e. The van der Waals surface area contributed by atoms with Crippen LogP contribution in [0.25, 0.3) is 0 Å². The van der Waals surface area contributed by atoms with Crippen LogP contribution in [-0.4, -0.2) is 37.5 Å². The number of nitrogens with zero attached hydrogens (tertiary/aromatic N) is 1. The van der Waals surface area contributed by atoms with E-state index in [1.165, 1.54) is 25.3 Å². The number of benzene rings is 1. The Balaban J connectivity index is 0.00000225. The van der Waals surface area contributed by atoms with E-state index in [0.717, 1.165) is 42.4 Å². The summed E-state index contributed by atoms with van der Waals surface area (Å²) in [6.07, 6.45) is 7.49. The summed E-state index contributed by atoms with van der Waals surface area (Å²) in [5.41, 5.74) is 2.46. The molecule has 4 nitrogen and oxygen atoms in total. The largest absolute Gasteiger partial charge is 0.377 e. The first-order chi connectivity index (χ1) is 13.2. The fourth-order valence-corrected chi connectivity index (χ4v) is 5.71. The normalized spacial score (nSPS) is 27.4. The van der Waals surface area contributed by atoms with Gasteiger partial charge >= 0.3 is 0 Å². The SMILES string of the molecule is CCNC(=NCc1ccc(F)cc1CSC)NC1C2CCOC2C12CCC2.I. The molecule has 3 unspecified atom stereocenters. The van der Waals surface area contributed by atoms with Crippen LogP contribution in [0.15, 0.2) is 23.2 Å². The third-order valence-corrected chi connectivity index (χ3v) is 7.15. The average molecular weight is 519 g/mol. The number of halogens is 2. The Hall–Kier alpha value is -0.540. The number of aliphatic imine (C=N–C) groups is 1.